The summed E-state index contributed by atoms with van der Waals surface area (Å²) in [5, 5.41) is 9.72. The van der Waals surface area contributed by atoms with Crippen LogP contribution in [0.2, 0.25) is 0 Å². The van der Waals surface area contributed by atoms with Crippen molar-refractivity contribution < 1.29 is 14.1 Å². The van der Waals surface area contributed by atoms with Crippen molar-refractivity contribution in [3.8, 4) is 11.4 Å². The number of amides is 3. The molecule has 8 heteroatoms. The van der Waals surface area contributed by atoms with E-state index in [0.717, 1.165) is 11.3 Å². The molecule has 1 saturated heterocycles. The van der Waals surface area contributed by atoms with Crippen LogP contribution in [0.3, 0.4) is 0 Å². The summed E-state index contributed by atoms with van der Waals surface area (Å²) in [7, 11) is 0. The smallest absolute Gasteiger partial charge is 0.323 e. The number of aryl methyl sites for hydroxylation is 2. The minimum Gasteiger partial charge on any atom is -0.339 e. The number of para-hydroxylation sites is 1. The quantitative estimate of drug-likeness (QED) is 0.403. The van der Waals surface area contributed by atoms with E-state index in [2.05, 4.69) is 20.8 Å². The standard InChI is InChI=1S/C27H25N5O3/c1-17-11-12-23(13-18(17)2)32-16-20(15-24(32)33)26-30-25(31-35-26)19-7-6-10-22(14-19)29-27(34)28-21-8-4-3-5-9-21/h3-14,20H,15-16H2,1-2H3,(H2,28,29,34)/t20-/m1/s1. The van der Waals surface area contributed by atoms with E-state index in [9.17, 15) is 9.59 Å². The molecule has 0 spiro atoms. The first-order valence-electron chi connectivity index (χ1n) is 11.4. The van der Waals surface area contributed by atoms with Crippen molar-refractivity contribution in [2.45, 2.75) is 26.2 Å². The molecule has 2 heterocycles. The summed E-state index contributed by atoms with van der Waals surface area (Å²) in [4.78, 5) is 31.4. The Kier molecular flexibility index (Phi) is 6.01. The monoisotopic (exact) mass is 467 g/mol. The Morgan fingerprint density at radius 1 is 0.943 bits per heavy atom. The van der Waals surface area contributed by atoms with Crippen molar-refractivity contribution in [3.63, 3.8) is 0 Å². The molecule has 3 aromatic carbocycles. The number of benzene rings is 3. The molecule has 0 aliphatic carbocycles. The highest BCUT2D eigenvalue weighted by atomic mass is 16.5. The van der Waals surface area contributed by atoms with Gasteiger partial charge in [0.25, 0.3) is 0 Å². The van der Waals surface area contributed by atoms with Crippen LogP contribution in [0, 0.1) is 13.8 Å². The average molecular weight is 468 g/mol. The summed E-state index contributed by atoms with van der Waals surface area (Å²) in [5.41, 5.74) is 5.21. The van der Waals surface area contributed by atoms with Gasteiger partial charge in [0.15, 0.2) is 0 Å². The van der Waals surface area contributed by atoms with Gasteiger partial charge in [-0.25, -0.2) is 4.79 Å². The maximum Gasteiger partial charge on any atom is 0.323 e. The molecule has 0 saturated carbocycles. The lowest BCUT2D eigenvalue weighted by Gasteiger charge is -2.17. The molecule has 0 unspecified atom stereocenters. The van der Waals surface area contributed by atoms with Crippen molar-refractivity contribution in [2.24, 2.45) is 0 Å². The van der Waals surface area contributed by atoms with Crippen molar-refractivity contribution in [3.05, 3.63) is 89.8 Å². The Labute approximate surface area is 203 Å². The largest absolute Gasteiger partial charge is 0.339 e. The van der Waals surface area contributed by atoms with Gasteiger partial charge >= 0.3 is 6.03 Å². The molecule has 1 aromatic heterocycles. The number of aromatic nitrogens is 2. The molecule has 0 radical (unpaired) electrons. The molecule has 2 N–H and O–H groups in total. The minimum atomic E-state index is -0.349. The van der Waals surface area contributed by atoms with Gasteiger partial charge in [-0.2, -0.15) is 4.98 Å². The molecule has 8 nitrogen and oxygen atoms in total. The number of nitrogens with zero attached hydrogens (tertiary/aromatic N) is 3. The Morgan fingerprint density at radius 2 is 1.71 bits per heavy atom. The van der Waals surface area contributed by atoms with E-state index in [1.165, 1.54) is 5.56 Å². The van der Waals surface area contributed by atoms with Crippen LogP contribution in [-0.4, -0.2) is 28.6 Å². The van der Waals surface area contributed by atoms with E-state index in [-0.39, 0.29) is 17.9 Å². The van der Waals surface area contributed by atoms with Crippen LogP contribution in [0.5, 0.6) is 0 Å². The molecule has 3 amide bonds. The van der Waals surface area contributed by atoms with E-state index in [1.54, 1.807) is 17.0 Å². The molecule has 0 bridgehead atoms. The van der Waals surface area contributed by atoms with Gasteiger partial charge in [0.05, 0.1) is 5.92 Å². The van der Waals surface area contributed by atoms with Crippen molar-refractivity contribution >= 4 is 29.0 Å². The Balaban J connectivity index is 1.28. The second-order valence-corrected chi connectivity index (χ2v) is 8.66. The average Bonchev–Trinajstić information content (AvgIpc) is 3.49. The first-order chi connectivity index (χ1) is 17.0. The fraction of sp³-hybridized carbons (Fsp3) is 0.185. The van der Waals surface area contributed by atoms with Crippen LogP contribution >= 0.6 is 0 Å². The second kappa shape index (κ2) is 9.42. The van der Waals surface area contributed by atoms with Crippen LogP contribution in [-0.2, 0) is 4.79 Å². The number of nitrogens with one attached hydrogen (secondary N) is 2. The van der Waals surface area contributed by atoms with Gasteiger partial charge < -0.3 is 20.1 Å². The SMILES string of the molecule is Cc1ccc(N2C[C@H](c3nc(-c4cccc(NC(=O)Nc5ccccc5)c4)no3)CC2=O)cc1C. The lowest BCUT2D eigenvalue weighted by Crippen LogP contribution is -2.24. The predicted octanol–water partition coefficient (Wildman–Crippen LogP) is 5.52. The van der Waals surface area contributed by atoms with Crippen molar-refractivity contribution in [1.29, 1.82) is 0 Å². The van der Waals surface area contributed by atoms with Crippen molar-refractivity contribution in [1.82, 2.24) is 10.1 Å². The Bertz CT molecular complexity index is 1380. The van der Waals surface area contributed by atoms with Gasteiger partial charge in [-0.15, -0.1) is 0 Å². The molecule has 176 valence electrons. The van der Waals surface area contributed by atoms with Crippen molar-refractivity contribution in [2.75, 3.05) is 22.1 Å². The predicted molar refractivity (Wildman–Crippen MR) is 134 cm³/mol. The lowest BCUT2D eigenvalue weighted by molar-refractivity contribution is -0.117. The van der Waals surface area contributed by atoms with Crippen LogP contribution in [0.1, 0.15) is 29.4 Å². The second-order valence-electron chi connectivity index (χ2n) is 8.66. The molecule has 35 heavy (non-hydrogen) atoms. The van der Waals surface area contributed by atoms with Crippen LogP contribution in [0.25, 0.3) is 11.4 Å². The van der Waals surface area contributed by atoms with Crippen LogP contribution < -0.4 is 15.5 Å². The summed E-state index contributed by atoms with van der Waals surface area (Å²) >= 11 is 0. The molecule has 1 aliphatic heterocycles. The molecular weight excluding hydrogens is 442 g/mol. The van der Waals surface area contributed by atoms with Gasteiger partial charge in [0.1, 0.15) is 0 Å². The highest BCUT2D eigenvalue weighted by Gasteiger charge is 2.35. The molecule has 4 aromatic rings. The van der Waals surface area contributed by atoms with Gasteiger partial charge in [-0.1, -0.05) is 41.6 Å². The summed E-state index contributed by atoms with van der Waals surface area (Å²) in [6, 6.07) is 22.1. The number of carbonyl (C=O) groups is 2. The van der Waals surface area contributed by atoms with Crippen LogP contribution in [0.4, 0.5) is 21.9 Å². The maximum absolute atomic E-state index is 12.7. The van der Waals surface area contributed by atoms with E-state index < -0.39 is 0 Å². The van der Waals surface area contributed by atoms with E-state index in [0.29, 0.717) is 41.6 Å². The first-order valence-corrected chi connectivity index (χ1v) is 11.4. The third-order valence-electron chi connectivity index (χ3n) is 6.13. The topological polar surface area (TPSA) is 100 Å². The number of hydrogen-bond donors (Lipinski definition) is 2. The maximum atomic E-state index is 12.7. The molecule has 1 atom stereocenters. The van der Waals surface area contributed by atoms with E-state index in [4.69, 9.17) is 4.52 Å². The Morgan fingerprint density at radius 3 is 2.51 bits per heavy atom. The number of rotatable bonds is 5. The zero-order chi connectivity index (χ0) is 24.4. The summed E-state index contributed by atoms with van der Waals surface area (Å²) < 4.78 is 5.54. The number of hydrogen-bond acceptors (Lipinski definition) is 5. The van der Waals surface area contributed by atoms with Gasteiger partial charge in [-0.05, 0) is 61.4 Å². The van der Waals surface area contributed by atoms with Gasteiger partial charge in [0, 0.05) is 35.6 Å². The zero-order valence-electron chi connectivity index (χ0n) is 19.5. The summed E-state index contributed by atoms with van der Waals surface area (Å²) in [6.45, 7) is 4.58. The third kappa shape index (κ3) is 4.91. The third-order valence-corrected chi connectivity index (χ3v) is 6.13. The number of anilines is 3. The Hall–Kier alpha value is -4.46. The molecule has 1 fully saturated rings. The normalized spacial score (nSPS) is 15.3. The summed E-state index contributed by atoms with van der Waals surface area (Å²) in [6.07, 6.45) is 0.315. The number of urea groups is 1. The summed E-state index contributed by atoms with van der Waals surface area (Å²) in [5.74, 6) is 0.695. The first kappa shape index (κ1) is 22.3. The minimum absolute atomic E-state index is 0.0358. The van der Waals surface area contributed by atoms with Gasteiger partial charge in [-0.3, -0.25) is 4.79 Å². The molecule has 1 aliphatic rings. The highest BCUT2D eigenvalue weighted by Crippen LogP contribution is 2.33. The van der Waals surface area contributed by atoms with E-state index in [1.807, 2.05) is 74.5 Å². The zero-order valence-corrected chi connectivity index (χ0v) is 19.5. The fourth-order valence-electron chi connectivity index (χ4n) is 4.09. The number of carbonyl (C=O) groups excluding carboxylic acids is 2. The highest BCUT2D eigenvalue weighted by molar-refractivity contribution is 6.00. The fourth-order valence-corrected chi connectivity index (χ4v) is 4.09. The molecular formula is C27H25N5O3. The molecule has 5 rings (SSSR count). The lowest BCUT2D eigenvalue weighted by atomic mass is 10.1. The van der Waals surface area contributed by atoms with Gasteiger partial charge in [0.2, 0.25) is 17.6 Å². The van der Waals surface area contributed by atoms with E-state index >= 15 is 0 Å². The van der Waals surface area contributed by atoms with Crippen LogP contribution in [0.15, 0.2) is 77.3 Å².